The first-order chi connectivity index (χ1) is 12.0. The standard InChI is InChI=1S/C19H19NO5/c1-13-5-4-6-15(11-13)24-10-3-2-9-20-16-8-7-14(18(21)22)12-17(16)25-19(20)23/h4-8,11-12H,2-3,9-10H2,1H3,(H,21,22). The van der Waals surface area contributed by atoms with Crippen molar-refractivity contribution in [3.63, 3.8) is 0 Å². The number of aromatic carboxylic acids is 1. The van der Waals surface area contributed by atoms with Gasteiger partial charge in [0.15, 0.2) is 5.58 Å². The molecule has 0 aliphatic rings. The monoisotopic (exact) mass is 341 g/mol. The molecule has 130 valence electrons. The molecule has 3 aromatic rings. The number of aryl methyl sites for hydroxylation is 2. The number of benzene rings is 2. The van der Waals surface area contributed by atoms with E-state index < -0.39 is 11.7 Å². The summed E-state index contributed by atoms with van der Waals surface area (Å²) in [5, 5.41) is 8.99. The molecule has 1 heterocycles. The van der Waals surface area contributed by atoms with Crippen LogP contribution in [0.25, 0.3) is 11.1 Å². The molecule has 0 atom stereocenters. The number of ether oxygens (including phenoxy) is 1. The third-order valence-electron chi connectivity index (χ3n) is 3.95. The Labute approximate surface area is 144 Å². The summed E-state index contributed by atoms with van der Waals surface area (Å²) >= 11 is 0. The van der Waals surface area contributed by atoms with E-state index in [0.717, 1.165) is 24.2 Å². The molecule has 2 aromatic carbocycles. The van der Waals surface area contributed by atoms with E-state index in [4.69, 9.17) is 14.3 Å². The molecule has 3 rings (SSSR count). The number of hydrogen-bond acceptors (Lipinski definition) is 4. The van der Waals surface area contributed by atoms with E-state index in [0.29, 0.717) is 24.3 Å². The van der Waals surface area contributed by atoms with E-state index >= 15 is 0 Å². The Morgan fingerprint density at radius 3 is 2.80 bits per heavy atom. The minimum absolute atomic E-state index is 0.0972. The highest BCUT2D eigenvalue weighted by molar-refractivity contribution is 5.91. The molecule has 1 N–H and O–H groups in total. The van der Waals surface area contributed by atoms with Crippen LogP contribution in [-0.2, 0) is 6.54 Å². The molecule has 0 unspecified atom stereocenters. The van der Waals surface area contributed by atoms with Crippen molar-refractivity contribution in [3.8, 4) is 5.75 Å². The number of fused-ring (bicyclic) bond motifs is 1. The fraction of sp³-hybridized carbons (Fsp3) is 0.263. The number of hydrogen-bond donors (Lipinski definition) is 1. The molecule has 0 aliphatic heterocycles. The number of carboxylic acids is 1. The highest BCUT2D eigenvalue weighted by atomic mass is 16.5. The first-order valence-electron chi connectivity index (χ1n) is 8.11. The molecule has 25 heavy (non-hydrogen) atoms. The van der Waals surface area contributed by atoms with E-state index in [-0.39, 0.29) is 5.56 Å². The predicted molar refractivity (Wildman–Crippen MR) is 93.3 cm³/mol. The Balaban J connectivity index is 1.59. The first-order valence-corrected chi connectivity index (χ1v) is 8.11. The second-order valence-corrected chi connectivity index (χ2v) is 5.88. The maximum Gasteiger partial charge on any atom is 0.419 e. The maximum atomic E-state index is 12.0. The molecule has 0 aliphatic carbocycles. The number of carboxylic acid groups (broad SMARTS) is 1. The minimum atomic E-state index is -1.05. The van der Waals surface area contributed by atoms with E-state index in [1.807, 2.05) is 31.2 Å². The molecular weight excluding hydrogens is 322 g/mol. The van der Waals surface area contributed by atoms with Crippen LogP contribution >= 0.6 is 0 Å². The summed E-state index contributed by atoms with van der Waals surface area (Å²) < 4.78 is 12.4. The lowest BCUT2D eigenvalue weighted by Gasteiger charge is -2.07. The van der Waals surface area contributed by atoms with Crippen molar-refractivity contribution in [1.29, 1.82) is 0 Å². The van der Waals surface area contributed by atoms with Gasteiger partial charge in [0, 0.05) is 6.54 Å². The highest BCUT2D eigenvalue weighted by Crippen LogP contribution is 2.16. The first kappa shape index (κ1) is 16.8. The summed E-state index contributed by atoms with van der Waals surface area (Å²) in [7, 11) is 0. The summed E-state index contributed by atoms with van der Waals surface area (Å²) in [4.78, 5) is 22.9. The van der Waals surface area contributed by atoms with Gasteiger partial charge < -0.3 is 14.3 Å². The number of rotatable bonds is 7. The average Bonchev–Trinajstić information content (AvgIpc) is 2.89. The van der Waals surface area contributed by atoms with Gasteiger partial charge in [0.25, 0.3) is 0 Å². The van der Waals surface area contributed by atoms with Crippen LogP contribution in [0.3, 0.4) is 0 Å². The van der Waals surface area contributed by atoms with E-state index in [1.165, 1.54) is 16.7 Å². The lowest BCUT2D eigenvalue weighted by Crippen LogP contribution is -2.14. The van der Waals surface area contributed by atoms with Crippen molar-refractivity contribution in [2.45, 2.75) is 26.3 Å². The van der Waals surface area contributed by atoms with Crippen LogP contribution in [0.2, 0.25) is 0 Å². The number of carbonyl (C=O) groups is 1. The second-order valence-electron chi connectivity index (χ2n) is 5.88. The predicted octanol–water partition coefficient (Wildman–Crippen LogP) is 3.46. The van der Waals surface area contributed by atoms with Gasteiger partial charge in [-0.05, 0) is 55.7 Å². The number of aromatic nitrogens is 1. The number of oxazole rings is 1. The van der Waals surface area contributed by atoms with Crippen molar-refractivity contribution < 1.29 is 19.1 Å². The SMILES string of the molecule is Cc1cccc(OCCCCn2c(=O)oc3cc(C(=O)O)ccc32)c1. The molecular formula is C19H19NO5. The van der Waals surface area contributed by atoms with Crippen molar-refractivity contribution in [2.24, 2.45) is 0 Å². The van der Waals surface area contributed by atoms with Crippen molar-refractivity contribution >= 4 is 17.1 Å². The zero-order valence-electron chi connectivity index (χ0n) is 13.9. The molecule has 0 bridgehead atoms. The van der Waals surface area contributed by atoms with Gasteiger partial charge in [0.2, 0.25) is 0 Å². The maximum absolute atomic E-state index is 12.0. The normalized spacial score (nSPS) is 10.9. The molecule has 0 spiro atoms. The lowest BCUT2D eigenvalue weighted by atomic mass is 10.2. The van der Waals surface area contributed by atoms with Crippen LogP contribution in [0, 0.1) is 6.92 Å². The Morgan fingerprint density at radius 1 is 1.20 bits per heavy atom. The van der Waals surface area contributed by atoms with Gasteiger partial charge >= 0.3 is 11.7 Å². The van der Waals surface area contributed by atoms with E-state index in [1.54, 1.807) is 6.07 Å². The summed E-state index contributed by atoms with van der Waals surface area (Å²) in [5.74, 6) is -0.685. The molecule has 6 nitrogen and oxygen atoms in total. The molecule has 0 radical (unpaired) electrons. The van der Waals surface area contributed by atoms with Gasteiger partial charge in [-0.1, -0.05) is 12.1 Å². The average molecular weight is 341 g/mol. The third-order valence-corrected chi connectivity index (χ3v) is 3.95. The molecule has 0 saturated carbocycles. The largest absolute Gasteiger partial charge is 0.494 e. The fourth-order valence-corrected chi connectivity index (χ4v) is 2.68. The number of unbranched alkanes of at least 4 members (excludes halogenated alkanes) is 1. The lowest BCUT2D eigenvalue weighted by molar-refractivity contribution is 0.0697. The Kier molecular flexibility index (Phi) is 4.88. The molecule has 0 saturated heterocycles. The van der Waals surface area contributed by atoms with Crippen LogP contribution < -0.4 is 10.5 Å². The van der Waals surface area contributed by atoms with Crippen LogP contribution in [0.1, 0.15) is 28.8 Å². The van der Waals surface area contributed by atoms with Crippen molar-refractivity contribution in [2.75, 3.05) is 6.61 Å². The van der Waals surface area contributed by atoms with Crippen LogP contribution in [0.5, 0.6) is 5.75 Å². The topological polar surface area (TPSA) is 81.7 Å². The Bertz CT molecular complexity index is 954. The highest BCUT2D eigenvalue weighted by Gasteiger charge is 2.12. The van der Waals surface area contributed by atoms with E-state index in [2.05, 4.69) is 0 Å². The zero-order chi connectivity index (χ0) is 17.8. The van der Waals surface area contributed by atoms with Gasteiger partial charge in [0.05, 0.1) is 17.7 Å². The summed E-state index contributed by atoms with van der Waals surface area (Å²) in [6.07, 6.45) is 1.54. The summed E-state index contributed by atoms with van der Waals surface area (Å²) in [5.41, 5.74) is 2.14. The van der Waals surface area contributed by atoms with Gasteiger partial charge in [-0.15, -0.1) is 0 Å². The minimum Gasteiger partial charge on any atom is -0.494 e. The zero-order valence-corrected chi connectivity index (χ0v) is 13.9. The van der Waals surface area contributed by atoms with Gasteiger partial charge in [-0.2, -0.15) is 0 Å². The van der Waals surface area contributed by atoms with Crippen molar-refractivity contribution in [3.05, 3.63) is 64.1 Å². The Morgan fingerprint density at radius 2 is 2.04 bits per heavy atom. The molecule has 0 fully saturated rings. The van der Waals surface area contributed by atoms with Gasteiger partial charge in [0.1, 0.15) is 5.75 Å². The molecule has 0 amide bonds. The molecule has 6 heteroatoms. The number of nitrogens with zero attached hydrogens (tertiary/aromatic N) is 1. The van der Waals surface area contributed by atoms with Crippen LogP contribution in [-0.4, -0.2) is 22.2 Å². The molecule has 1 aromatic heterocycles. The third kappa shape index (κ3) is 3.91. The van der Waals surface area contributed by atoms with Gasteiger partial charge in [-0.25, -0.2) is 9.59 Å². The van der Waals surface area contributed by atoms with Crippen LogP contribution in [0.4, 0.5) is 0 Å². The smallest absolute Gasteiger partial charge is 0.419 e. The fourth-order valence-electron chi connectivity index (χ4n) is 2.68. The van der Waals surface area contributed by atoms with Gasteiger partial charge in [-0.3, -0.25) is 4.57 Å². The summed E-state index contributed by atoms with van der Waals surface area (Å²) in [6.45, 7) is 3.08. The quantitative estimate of drug-likeness (QED) is 0.666. The Hall–Kier alpha value is -3.02. The van der Waals surface area contributed by atoms with Crippen LogP contribution in [0.15, 0.2) is 51.7 Å². The second kappa shape index (κ2) is 7.25. The van der Waals surface area contributed by atoms with E-state index in [9.17, 15) is 9.59 Å². The van der Waals surface area contributed by atoms with Crippen molar-refractivity contribution in [1.82, 2.24) is 4.57 Å². The summed E-state index contributed by atoms with van der Waals surface area (Å²) in [6, 6.07) is 12.3.